The van der Waals surface area contributed by atoms with Gasteiger partial charge in [-0.2, -0.15) is 0 Å². The van der Waals surface area contributed by atoms with Crippen molar-refractivity contribution in [2.75, 3.05) is 13.6 Å². The van der Waals surface area contributed by atoms with E-state index in [1.165, 1.54) is 24.9 Å². The standard InChI is InChI=1S/C10H15N3.C2H6/c1-8-11-6-9(7-12-8)10-4-3-5-13(10)2;1-2/h6-7,10H,3-5H2,1-2H3;1-2H3/t10-;/m0./s1. The molecule has 84 valence electrons. The average molecular weight is 207 g/mol. The van der Waals surface area contributed by atoms with Crippen LogP contribution in [-0.4, -0.2) is 28.5 Å². The Labute approximate surface area is 92.6 Å². The minimum Gasteiger partial charge on any atom is -0.299 e. The second-order valence-electron chi connectivity index (χ2n) is 3.70. The molecule has 2 heterocycles. The molecular formula is C12H21N3. The fourth-order valence-electron chi connectivity index (χ4n) is 1.91. The second-order valence-corrected chi connectivity index (χ2v) is 3.70. The lowest BCUT2D eigenvalue weighted by Crippen LogP contribution is -2.17. The first-order chi connectivity index (χ1) is 7.27. The van der Waals surface area contributed by atoms with Crippen LogP contribution in [0.25, 0.3) is 0 Å². The summed E-state index contributed by atoms with van der Waals surface area (Å²) in [5, 5.41) is 0. The Bertz CT molecular complexity index is 281. The van der Waals surface area contributed by atoms with Gasteiger partial charge in [-0.25, -0.2) is 9.97 Å². The molecule has 2 rings (SSSR count). The number of rotatable bonds is 1. The summed E-state index contributed by atoms with van der Waals surface area (Å²) in [6, 6.07) is 0.542. The van der Waals surface area contributed by atoms with Crippen LogP contribution in [0.5, 0.6) is 0 Å². The van der Waals surface area contributed by atoms with Gasteiger partial charge in [-0.05, 0) is 33.4 Å². The first-order valence-corrected chi connectivity index (χ1v) is 5.76. The molecule has 0 N–H and O–H groups in total. The van der Waals surface area contributed by atoms with Gasteiger partial charge >= 0.3 is 0 Å². The van der Waals surface area contributed by atoms with E-state index in [1.807, 2.05) is 33.2 Å². The van der Waals surface area contributed by atoms with Crippen molar-refractivity contribution in [3.05, 3.63) is 23.8 Å². The number of nitrogens with zero attached hydrogens (tertiary/aromatic N) is 3. The summed E-state index contributed by atoms with van der Waals surface area (Å²) in [5.74, 6) is 0.851. The van der Waals surface area contributed by atoms with E-state index in [2.05, 4.69) is 21.9 Å². The quantitative estimate of drug-likeness (QED) is 0.708. The molecule has 3 heteroatoms. The third kappa shape index (κ3) is 2.99. The lowest BCUT2D eigenvalue weighted by Gasteiger charge is -2.18. The van der Waals surface area contributed by atoms with Gasteiger partial charge in [0.1, 0.15) is 5.82 Å². The SMILES string of the molecule is CC.Cc1ncc([C@@H]2CCCN2C)cn1. The van der Waals surface area contributed by atoms with E-state index >= 15 is 0 Å². The largest absolute Gasteiger partial charge is 0.299 e. The molecular weight excluding hydrogens is 186 g/mol. The normalized spacial score (nSPS) is 20.9. The predicted octanol–water partition coefficient (Wildman–Crippen LogP) is 2.58. The summed E-state index contributed by atoms with van der Waals surface area (Å²) in [4.78, 5) is 10.8. The number of likely N-dealkylation sites (tertiary alicyclic amines) is 1. The van der Waals surface area contributed by atoms with Crippen molar-refractivity contribution >= 4 is 0 Å². The highest BCUT2D eigenvalue weighted by Crippen LogP contribution is 2.28. The van der Waals surface area contributed by atoms with Gasteiger partial charge in [-0.1, -0.05) is 13.8 Å². The molecule has 0 aromatic carbocycles. The van der Waals surface area contributed by atoms with Crippen LogP contribution < -0.4 is 0 Å². The van der Waals surface area contributed by atoms with Gasteiger partial charge in [0.15, 0.2) is 0 Å². The molecule has 0 saturated carbocycles. The monoisotopic (exact) mass is 207 g/mol. The van der Waals surface area contributed by atoms with Crippen molar-refractivity contribution in [2.24, 2.45) is 0 Å². The maximum Gasteiger partial charge on any atom is 0.125 e. The molecule has 0 radical (unpaired) electrons. The van der Waals surface area contributed by atoms with Crippen LogP contribution in [0.4, 0.5) is 0 Å². The Morgan fingerprint density at radius 3 is 2.33 bits per heavy atom. The molecule has 0 aliphatic carbocycles. The van der Waals surface area contributed by atoms with E-state index in [0.717, 1.165) is 5.82 Å². The molecule has 3 nitrogen and oxygen atoms in total. The van der Waals surface area contributed by atoms with E-state index in [-0.39, 0.29) is 0 Å². The molecule has 1 aromatic rings. The van der Waals surface area contributed by atoms with Crippen molar-refractivity contribution in [3.63, 3.8) is 0 Å². The number of aryl methyl sites for hydroxylation is 1. The van der Waals surface area contributed by atoms with E-state index in [9.17, 15) is 0 Å². The van der Waals surface area contributed by atoms with Crippen molar-refractivity contribution in [3.8, 4) is 0 Å². The van der Waals surface area contributed by atoms with Crippen molar-refractivity contribution in [2.45, 2.75) is 39.7 Å². The van der Waals surface area contributed by atoms with Gasteiger partial charge < -0.3 is 0 Å². The van der Waals surface area contributed by atoms with E-state index in [4.69, 9.17) is 0 Å². The minimum atomic E-state index is 0.542. The van der Waals surface area contributed by atoms with Gasteiger partial charge in [-0.3, -0.25) is 4.90 Å². The number of aromatic nitrogens is 2. The zero-order chi connectivity index (χ0) is 11.3. The van der Waals surface area contributed by atoms with Crippen LogP contribution in [-0.2, 0) is 0 Å². The Kier molecular flexibility index (Phi) is 4.69. The van der Waals surface area contributed by atoms with Crippen LogP contribution >= 0.6 is 0 Å². The highest BCUT2D eigenvalue weighted by atomic mass is 15.1. The average Bonchev–Trinajstić information content (AvgIpc) is 2.69. The Morgan fingerprint density at radius 2 is 1.87 bits per heavy atom. The van der Waals surface area contributed by atoms with E-state index < -0.39 is 0 Å². The predicted molar refractivity (Wildman–Crippen MR) is 62.7 cm³/mol. The van der Waals surface area contributed by atoms with Crippen molar-refractivity contribution in [1.82, 2.24) is 14.9 Å². The summed E-state index contributed by atoms with van der Waals surface area (Å²) < 4.78 is 0. The molecule has 1 atom stereocenters. The fourth-order valence-corrected chi connectivity index (χ4v) is 1.91. The molecule has 0 bridgehead atoms. The fraction of sp³-hybridized carbons (Fsp3) is 0.667. The molecule has 1 fully saturated rings. The molecule has 0 amide bonds. The smallest absolute Gasteiger partial charge is 0.125 e. The summed E-state index contributed by atoms with van der Waals surface area (Å²) >= 11 is 0. The number of hydrogen-bond donors (Lipinski definition) is 0. The summed E-state index contributed by atoms with van der Waals surface area (Å²) in [6.45, 7) is 7.11. The molecule has 15 heavy (non-hydrogen) atoms. The third-order valence-corrected chi connectivity index (χ3v) is 2.71. The van der Waals surface area contributed by atoms with Crippen LogP contribution in [0.1, 0.15) is 44.1 Å². The van der Waals surface area contributed by atoms with Gasteiger partial charge in [-0.15, -0.1) is 0 Å². The summed E-state index contributed by atoms with van der Waals surface area (Å²) in [7, 11) is 2.16. The van der Waals surface area contributed by atoms with Crippen LogP contribution in [0, 0.1) is 6.92 Å². The van der Waals surface area contributed by atoms with Crippen molar-refractivity contribution < 1.29 is 0 Å². The van der Waals surface area contributed by atoms with Crippen LogP contribution in [0.15, 0.2) is 12.4 Å². The summed E-state index contributed by atoms with van der Waals surface area (Å²) in [6.07, 6.45) is 6.43. The minimum absolute atomic E-state index is 0.542. The van der Waals surface area contributed by atoms with Gasteiger partial charge in [0.05, 0.1) is 0 Å². The van der Waals surface area contributed by atoms with Crippen LogP contribution in [0.2, 0.25) is 0 Å². The molecule has 1 aliphatic rings. The second kappa shape index (κ2) is 5.81. The van der Waals surface area contributed by atoms with E-state index in [0.29, 0.717) is 6.04 Å². The lowest BCUT2D eigenvalue weighted by atomic mass is 10.1. The third-order valence-electron chi connectivity index (χ3n) is 2.71. The highest BCUT2D eigenvalue weighted by Gasteiger charge is 2.22. The Hall–Kier alpha value is -0.960. The van der Waals surface area contributed by atoms with Gasteiger partial charge in [0, 0.05) is 24.0 Å². The molecule has 1 aromatic heterocycles. The molecule has 1 aliphatic heterocycles. The van der Waals surface area contributed by atoms with Gasteiger partial charge in [0.2, 0.25) is 0 Å². The van der Waals surface area contributed by atoms with Crippen LogP contribution in [0.3, 0.4) is 0 Å². The van der Waals surface area contributed by atoms with E-state index in [1.54, 1.807) is 0 Å². The Balaban J connectivity index is 0.000000531. The topological polar surface area (TPSA) is 29.0 Å². The van der Waals surface area contributed by atoms with Crippen molar-refractivity contribution in [1.29, 1.82) is 0 Å². The first-order valence-electron chi connectivity index (χ1n) is 5.76. The maximum absolute atomic E-state index is 4.22. The van der Waals surface area contributed by atoms with Gasteiger partial charge in [0.25, 0.3) is 0 Å². The zero-order valence-corrected chi connectivity index (χ0v) is 10.2. The highest BCUT2D eigenvalue weighted by molar-refractivity contribution is 5.12. The number of hydrogen-bond acceptors (Lipinski definition) is 3. The zero-order valence-electron chi connectivity index (χ0n) is 10.2. The lowest BCUT2D eigenvalue weighted by molar-refractivity contribution is 0.316. The summed E-state index contributed by atoms with van der Waals surface area (Å²) in [5.41, 5.74) is 1.26. The Morgan fingerprint density at radius 1 is 1.27 bits per heavy atom. The molecule has 0 spiro atoms. The maximum atomic E-state index is 4.22. The molecule has 1 saturated heterocycles. The molecule has 0 unspecified atom stereocenters. The first kappa shape index (κ1) is 12.1.